The fourth-order valence-electron chi connectivity index (χ4n) is 6.56. The molecule has 36 heavy (non-hydrogen) atoms. The zero-order valence-electron chi connectivity index (χ0n) is 18.7. The van der Waals surface area contributed by atoms with E-state index in [2.05, 4.69) is 5.04 Å². The lowest BCUT2D eigenvalue weighted by atomic mass is 9.79. The van der Waals surface area contributed by atoms with Crippen LogP contribution in [0, 0.1) is 0 Å². The summed E-state index contributed by atoms with van der Waals surface area (Å²) in [5.41, 5.74) is 3.32. The summed E-state index contributed by atoms with van der Waals surface area (Å²) < 4.78 is 42.6. The van der Waals surface area contributed by atoms with Gasteiger partial charge in [-0.3, -0.25) is 0 Å². The van der Waals surface area contributed by atoms with E-state index in [0.29, 0.717) is 57.7 Å². The van der Waals surface area contributed by atoms with Gasteiger partial charge in [-0.15, -0.1) is 4.33 Å². The minimum Gasteiger partial charge on any atom is -0.872 e. The van der Waals surface area contributed by atoms with Crippen molar-refractivity contribution in [2.45, 2.75) is 48.3 Å². The van der Waals surface area contributed by atoms with Crippen LogP contribution >= 0.6 is 12.0 Å². The van der Waals surface area contributed by atoms with Crippen molar-refractivity contribution in [3.05, 3.63) is 46.5 Å². The molecule has 184 valence electrons. The van der Waals surface area contributed by atoms with Crippen LogP contribution in [0.4, 0.5) is 0 Å². The quantitative estimate of drug-likeness (QED) is 0.0848. The molecule has 0 saturated heterocycles. The van der Waals surface area contributed by atoms with Crippen LogP contribution in [-0.2, 0) is 45.2 Å². The van der Waals surface area contributed by atoms with Crippen LogP contribution in [0.15, 0.2) is 34.1 Å². The molecule has 5 aromatic carbocycles. The molecule has 0 spiro atoms. The standard InChI is InChI=1S/C26H20O8S2/c27-15-7-12-4-2-6-14-10-18(36(30,31)32)24-22-16(28)8-11-3-1-5-13-9-17(35-34-33-29)23(25(22)19(11)13)21(15)26(24)20(12)14/h7-10,27-29H,1-6H2,(H,30,31,32)/p-2. The number of benzene rings is 5. The van der Waals surface area contributed by atoms with Crippen molar-refractivity contribution in [2.75, 3.05) is 0 Å². The molecule has 8 nitrogen and oxygen atoms in total. The third-order valence-corrected chi connectivity index (χ3v) is 9.21. The Labute approximate surface area is 209 Å². The van der Waals surface area contributed by atoms with Gasteiger partial charge in [0.25, 0.3) is 0 Å². The Bertz CT molecular complexity index is 1880. The predicted octanol–water partition coefficient (Wildman–Crippen LogP) is 4.83. The van der Waals surface area contributed by atoms with E-state index < -0.39 is 15.0 Å². The number of hydrogen-bond acceptors (Lipinski definition) is 9. The average molecular weight is 523 g/mol. The van der Waals surface area contributed by atoms with Crippen LogP contribution in [0.25, 0.3) is 43.1 Å². The molecule has 0 unspecified atom stereocenters. The summed E-state index contributed by atoms with van der Waals surface area (Å²) >= 11 is 0.734. The number of hydrogen-bond donors (Lipinski definition) is 2. The van der Waals surface area contributed by atoms with Gasteiger partial charge in [-0.2, -0.15) is 0 Å². The van der Waals surface area contributed by atoms with Gasteiger partial charge in [-0.05, 0) is 101 Å². The molecule has 2 aliphatic carbocycles. The molecule has 0 bridgehead atoms. The molecule has 10 heteroatoms. The Morgan fingerprint density at radius 1 is 0.750 bits per heavy atom. The molecule has 5 aromatic rings. The molecule has 0 radical (unpaired) electrons. The largest absolute Gasteiger partial charge is 0.872 e. The first-order valence-electron chi connectivity index (χ1n) is 11.6. The fraction of sp³-hybridized carbons (Fsp3) is 0.231. The maximum absolute atomic E-state index is 13.7. The Hall–Kier alpha value is -2.86. The van der Waals surface area contributed by atoms with Crippen LogP contribution in [0.3, 0.4) is 0 Å². The van der Waals surface area contributed by atoms with Gasteiger partial charge in [0.05, 0.1) is 16.9 Å². The van der Waals surface area contributed by atoms with Crippen molar-refractivity contribution in [3.8, 4) is 11.5 Å². The number of aryl methyl sites for hydroxylation is 4. The smallest absolute Gasteiger partial charge is 0.125 e. The van der Waals surface area contributed by atoms with Crippen LogP contribution in [0.1, 0.15) is 35.1 Å². The van der Waals surface area contributed by atoms with Crippen molar-refractivity contribution in [1.82, 2.24) is 0 Å². The zero-order valence-corrected chi connectivity index (χ0v) is 20.3. The molecule has 7 rings (SSSR count). The molecular formula is C26H18O8S2-2. The van der Waals surface area contributed by atoms with Crippen molar-refractivity contribution >= 4 is 65.3 Å². The van der Waals surface area contributed by atoms with Crippen molar-refractivity contribution < 1.29 is 37.8 Å². The lowest BCUT2D eigenvalue weighted by Gasteiger charge is -2.30. The predicted molar refractivity (Wildman–Crippen MR) is 131 cm³/mol. The van der Waals surface area contributed by atoms with Gasteiger partial charge in [0, 0.05) is 26.4 Å². The summed E-state index contributed by atoms with van der Waals surface area (Å²) in [6.45, 7) is 0. The third-order valence-electron chi connectivity index (χ3n) is 7.71. The maximum atomic E-state index is 13.7. The second-order valence-electron chi connectivity index (χ2n) is 9.54. The summed E-state index contributed by atoms with van der Waals surface area (Å²) in [5.74, 6) is -0.451. The van der Waals surface area contributed by atoms with E-state index in [-0.39, 0.29) is 22.3 Å². The monoisotopic (exact) mass is 522 g/mol. The Kier molecular flexibility index (Phi) is 4.70. The highest BCUT2D eigenvalue weighted by Crippen LogP contribution is 2.54. The van der Waals surface area contributed by atoms with Gasteiger partial charge in [0.15, 0.2) is 0 Å². The first-order chi connectivity index (χ1) is 17.3. The molecule has 0 aromatic heterocycles. The Morgan fingerprint density at radius 3 is 1.97 bits per heavy atom. The highest BCUT2D eigenvalue weighted by Gasteiger charge is 2.29. The SMILES string of the molecule is O=S(=O)([O-])c1cc2c3c(cc(O)c4c5c(SOOO)cc6c7c(cc([O-])c(c1c34)c75)CCC6)CCC2. The first kappa shape index (κ1) is 22.3. The maximum Gasteiger partial charge on any atom is 0.125 e. The van der Waals surface area contributed by atoms with Gasteiger partial charge in [0.2, 0.25) is 0 Å². The summed E-state index contributed by atoms with van der Waals surface area (Å²) in [6, 6.07) is 6.54. The molecule has 0 heterocycles. The highest BCUT2D eigenvalue weighted by molar-refractivity contribution is 7.94. The lowest BCUT2D eigenvalue weighted by molar-refractivity contribution is -0.432. The summed E-state index contributed by atoms with van der Waals surface area (Å²) in [4.78, 5) is 0.0587. The van der Waals surface area contributed by atoms with Gasteiger partial charge < -0.3 is 14.8 Å². The minimum atomic E-state index is -4.96. The van der Waals surface area contributed by atoms with E-state index >= 15 is 0 Å². The van der Waals surface area contributed by atoms with Gasteiger partial charge in [-0.1, -0.05) is 16.9 Å². The molecular weight excluding hydrogens is 504 g/mol. The molecule has 2 aliphatic rings. The number of aromatic hydroxyl groups is 1. The molecule has 2 N–H and O–H groups in total. The molecule has 0 aliphatic heterocycles. The minimum absolute atomic E-state index is 0.0693. The number of phenolic OH excluding ortho intramolecular Hbond substituents is 1. The van der Waals surface area contributed by atoms with E-state index in [1.165, 1.54) is 6.07 Å². The van der Waals surface area contributed by atoms with Crippen LogP contribution < -0.4 is 5.11 Å². The Balaban J connectivity index is 1.88. The van der Waals surface area contributed by atoms with Crippen LogP contribution in [0.5, 0.6) is 11.5 Å². The van der Waals surface area contributed by atoms with Crippen molar-refractivity contribution in [3.63, 3.8) is 0 Å². The number of fused-ring (bicyclic) bond motifs is 2. The molecule has 0 saturated carbocycles. The number of phenols is 1. The van der Waals surface area contributed by atoms with E-state index in [1.807, 2.05) is 6.07 Å². The Morgan fingerprint density at radius 2 is 1.33 bits per heavy atom. The fourth-order valence-corrected chi connectivity index (χ4v) is 7.88. The molecule has 0 atom stereocenters. The summed E-state index contributed by atoms with van der Waals surface area (Å²) in [7, 11) is -4.96. The van der Waals surface area contributed by atoms with Gasteiger partial charge in [0.1, 0.15) is 15.9 Å². The molecule has 0 amide bonds. The highest BCUT2D eigenvalue weighted by atomic mass is 32.2. The van der Waals surface area contributed by atoms with Crippen LogP contribution in [-0.4, -0.2) is 23.3 Å². The summed E-state index contributed by atoms with van der Waals surface area (Å²) in [6.07, 6.45) is 4.21. The van der Waals surface area contributed by atoms with Crippen molar-refractivity contribution in [1.29, 1.82) is 0 Å². The first-order valence-corrected chi connectivity index (χ1v) is 13.7. The second-order valence-corrected chi connectivity index (χ2v) is 11.6. The molecule has 0 fully saturated rings. The zero-order chi connectivity index (χ0) is 24.9. The van der Waals surface area contributed by atoms with Crippen molar-refractivity contribution in [2.24, 2.45) is 0 Å². The average Bonchev–Trinajstić information content (AvgIpc) is 2.84. The van der Waals surface area contributed by atoms with Gasteiger partial charge >= 0.3 is 0 Å². The van der Waals surface area contributed by atoms with Crippen LogP contribution in [0.2, 0.25) is 0 Å². The van der Waals surface area contributed by atoms with Gasteiger partial charge in [-0.25, -0.2) is 13.7 Å². The normalized spacial score (nSPS) is 15.6. The lowest BCUT2D eigenvalue weighted by Crippen LogP contribution is -2.10. The third kappa shape index (κ3) is 2.88. The van der Waals surface area contributed by atoms with E-state index in [0.717, 1.165) is 52.3 Å². The number of rotatable bonds is 4. The second kappa shape index (κ2) is 7.58. The topological polar surface area (TPSA) is 139 Å². The van der Waals surface area contributed by atoms with E-state index in [1.54, 1.807) is 12.1 Å². The summed E-state index contributed by atoms with van der Waals surface area (Å²) in [5, 5.41) is 41.3. The van der Waals surface area contributed by atoms with E-state index in [9.17, 15) is 23.2 Å². The van der Waals surface area contributed by atoms with E-state index in [4.69, 9.17) is 9.59 Å².